The van der Waals surface area contributed by atoms with E-state index in [0.29, 0.717) is 5.88 Å². The summed E-state index contributed by atoms with van der Waals surface area (Å²) in [6.07, 6.45) is 2.59. The number of fused-ring (bicyclic) bond motifs is 1. The van der Waals surface area contributed by atoms with Crippen LogP contribution in [-0.2, 0) is 0 Å². The number of hydrogen-bond acceptors (Lipinski definition) is 4. The first-order chi connectivity index (χ1) is 7.76. The fourth-order valence-electron chi connectivity index (χ4n) is 1.52. The summed E-state index contributed by atoms with van der Waals surface area (Å²) in [6, 6.07) is 0.266. The average Bonchev–Trinajstić information content (AvgIpc) is 2.69. The maximum absolute atomic E-state index is 5.87. The molecule has 2 aromatic heterocycles. The molecular weight excluding hydrogens is 242 g/mol. The molecule has 0 aliphatic rings. The summed E-state index contributed by atoms with van der Waals surface area (Å²) in [4.78, 5) is 8.57. The lowest BCUT2D eigenvalue weighted by Crippen LogP contribution is -2.20. The van der Waals surface area contributed by atoms with Crippen molar-refractivity contribution in [3.8, 4) is 0 Å². The minimum Gasteiger partial charge on any atom is -0.365 e. The normalized spacial score (nSPS) is 12.9. The number of nitrogens with one attached hydrogen (secondary N) is 1. The molecule has 0 spiro atoms. The number of thiophene rings is 1. The van der Waals surface area contributed by atoms with Crippen LogP contribution < -0.4 is 5.32 Å². The van der Waals surface area contributed by atoms with Gasteiger partial charge >= 0.3 is 0 Å². The lowest BCUT2D eigenvalue weighted by Gasteiger charge is -2.14. The molecule has 3 nitrogen and oxygen atoms in total. The second-order valence-electron chi connectivity index (χ2n) is 3.72. The van der Waals surface area contributed by atoms with Crippen LogP contribution in [-0.4, -0.2) is 21.9 Å². The van der Waals surface area contributed by atoms with Gasteiger partial charge in [0.05, 0.1) is 10.2 Å². The minimum atomic E-state index is 0.266. The van der Waals surface area contributed by atoms with E-state index in [9.17, 15) is 0 Å². The zero-order valence-electron chi connectivity index (χ0n) is 9.33. The molecule has 0 bridgehead atoms. The third kappa shape index (κ3) is 2.13. The first-order valence-corrected chi connectivity index (χ1v) is 6.69. The Bertz CT molecular complexity index is 479. The van der Waals surface area contributed by atoms with Crippen LogP contribution >= 0.6 is 22.9 Å². The molecule has 5 heteroatoms. The number of rotatable bonds is 4. The molecule has 0 aromatic carbocycles. The maximum Gasteiger partial charge on any atom is 0.147 e. The maximum atomic E-state index is 5.87. The highest BCUT2D eigenvalue weighted by molar-refractivity contribution is 7.18. The summed E-state index contributed by atoms with van der Waals surface area (Å²) >= 11 is 7.54. The molecule has 0 saturated heterocycles. The molecule has 0 amide bonds. The van der Waals surface area contributed by atoms with Crippen LogP contribution in [0.2, 0.25) is 0 Å². The topological polar surface area (TPSA) is 37.8 Å². The predicted molar refractivity (Wildman–Crippen MR) is 70.6 cm³/mol. The Kier molecular flexibility index (Phi) is 3.61. The van der Waals surface area contributed by atoms with E-state index in [1.54, 1.807) is 17.7 Å². The standard InChI is InChI=1S/C11H14ClN3S/c1-3-8(4-12)15-11-10-9(13-6-14-11)7(2)5-16-10/h5-6,8H,3-4H2,1-2H3,(H,13,14,15). The number of aromatic nitrogens is 2. The third-order valence-electron chi connectivity index (χ3n) is 2.55. The first-order valence-electron chi connectivity index (χ1n) is 5.27. The van der Waals surface area contributed by atoms with Gasteiger partial charge in [0.25, 0.3) is 0 Å². The van der Waals surface area contributed by atoms with Crippen LogP contribution in [0.5, 0.6) is 0 Å². The molecule has 1 unspecified atom stereocenters. The Morgan fingerprint density at radius 1 is 1.50 bits per heavy atom. The number of halogens is 1. The summed E-state index contributed by atoms with van der Waals surface area (Å²) in [5, 5.41) is 5.47. The fourth-order valence-corrected chi connectivity index (χ4v) is 2.77. The van der Waals surface area contributed by atoms with Gasteiger partial charge in [-0.2, -0.15) is 0 Å². The third-order valence-corrected chi connectivity index (χ3v) is 4.02. The van der Waals surface area contributed by atoms with Crippen molar-refractivity contribution in [2.75, 3.05) is 11.2 Å². The van der Waals surface area contributed by atoms with Crippen LogP contribution in [0.1, 0.15) is 18.9 Å². The van der Waals surface area contributed by atoms with Crippen LogP contribution in [0.25, 0.3) is 10.2 Å². The molecule has 0 saturated carbocycles. The molecule has 2 aromatic rings. The van der Waals surface area contributed by atoms with Crippen LogP contribution in [0.15, 0.2) is 11.7 Å². The van der Waals surface area contributed by atoms with E-state index in [4.69, 9.17) is 11.6 Å². The van der Waals surface area contributed by atoms with Gasteiger partial charge in [-0.3, -0.25) is 0 Å². The van der Waals surface area contributed by atoms with E-state index in [0.717, 1.165) is 22.5 Å². The smallest absolute Gasteiger partial charge is 0.147 e. The van der Waals surface area contributed by atoms with Crippen molar-refractivity contribution in [3.63, 3.8) is 0 Å². The molecule has 0 radical (unpaired) electrons. The quantitative estimate of drug-likeness (QED) is 0.851. The number of aryl methyl sites for hydroxylation is 1. The van der Waals surface area contributed by atoms with Gasteiger partial charge in [-0.05, 0) is 24.3 Å². The molecular formula is C11H14ClN3S. The Labute approximate surface area is 104 Å². The van der Waals surface area contributed by atoms with Crippen molar-refractivity contribution < 1.29 is 0 Å². The zero-order chi connectivity index (χ0) is 11.5. The lowest BCUT2D eigenvalue weighted by molar-refractivity contribution is 0.767. The van der Waals surface area contributed by atoms with Crippen LogP contribution in [0.4, 0.5) is 5.82 Å². The Morgan fingerprint density at radius 2 is 2.31 bits per heavy atom. The lowest BCUT2D eigenvalue weighted by atomic mass is 10.2. The molecule has 1 N–H and O–H groups in total. The van der Waals surface area contributed by atoms with Gasteiger partial charge in [0.2, 0.25) is 0 Å². The Morgan fingerprint density at radius 3 is 3.00 bits per heavy atom. The molecule has 0 aliphatic carbocycles. The van der Waals surface area contributed by atoms with Crippen molar-refractivity contribution in [2.24, 2.45) is 0 Å². The van der Waals surface area contributed by atoms with Crippen LogP contribution in [0, 0.1) is 6.92 Å². The molecule has 2 rings (SSSR count). The van der Waals surface area contributed by atoms with Crippen molar-refractivity contribution >= 4 is 39.0 Å². The summed E-state index contributed by atoms with van der Waals surface area (Å²) in [5.41, 5.74) is 2.23. The molecule has 16 heavy (non-hydrogen) atoms. The molecule has 1 atom stereocenters. The van der Waals surface area contributed by atoms with E-state index in [1.807, 2.05) is 0 Å². The minimum absolute atomic E-state index is 0.266. The molecule has 2 heterocycles. The van der Waals surface area contributed by atoms with Crippen molar-refractivity contribution in [1.29, 1.82) is 0 Å². The van der Waals surface area contributed by atoms with Gasteiger partial charge in [-0.15, -0.1) is 22.9 Å². The number of anilines is 1. The Hall–Kier alpha value is -0.870. The summed E-state index contributed by atoms with van der Waals surface area (Å²) < 4.78 is 1.11. The number of nitrogens with zero attached hydrogens (tertiary/aromatic N) is 2. The van der Waals surface area contributed by atoms with Crippen molar-refractivity contribution in [3.05, 3.63) is 17.3 Å². The second-order valence-corrected chi connectivity index (χ2v) is 4.91. The van der Waals surface area contributed by atoms with Gasteiger partial charge < -0.3 is 5.32 Å². The summed E-state index contributed by atoms with van der Waals surface area (Å²) in [5.74, 6) is 1.49. The zero-order valence-corrected chi connectivity index (χ0v) is 10.9. The largest absolute Gasteiger partial charge is 0.365 e. The average molecular weight is 256 g/mol. The summed E-state index contributed by atoms with van der Waals surface area (Å²) in [6.45, 7) is 4.17. The monoisotopic (exact) mass is 255 g/mol. The summed E-state index contributed by atoms with van der Waals surface area (Å²) in [7, 11) is 0. The highest BCUT2D eigenvalue weighted by Gasteiger charge is 2.11. The molecule has 86 valence electrons. The Balaban J connectivity index is 2.37. The first kappa shape index (κ1) is 11.6. The van der Waals surface area contributed by atoms with E-state index >= 15 is 0 Å². The highest BCUT2D eigenvalue weighted by atomic mass is 35.5. The van der Waals surface area contributed by atoms with Crippen LogP contribution in [0.3, 0.4) is 0 Å². The van der Waals surface area contributed by atoms with Gasteiger partial charge in [-0.1, -0.05) is 6.92 Å². The van der Waals surface area contributed by atoms with Gasteiger partial charge in [0.15, 0.2) is 0 Å². The fraction of sp³-hybridized carbons (Fsp3) is 0.455. The van der Waals surface area contributed by atoms with Gasteiger partial charge in [0, 0.05) is 11.9 Å². The van der Waals surface area contributed by atoms with E-state index < -0.39 is 0 Å². The van der Waals surface area contributed by atoms with Gasteiger partial charge in [0.1, 0.15) is 12.1 Å². The molecule has 0 fully saturated rings. The van der Waals surface area contributed by atoms with Crippen molar-refractivity contribution in [2.45, 2.75) is 26.3 Å². The van der Waals surface area contributed by atoms with Gasteiger partial charge in [-0.25, -0.2) is 9.97 Å². The van der Waals surface area contributed by atoms with E-state index in [2.05, 4.69) is 34.5 Å². The predicted octanol–water partition coefficient (Wildman–Crippen LogP) is 3.43. The number of alkyl halides is 1. The number of hydrogen-bond donors (Lipinski definition) is 1. The molecule has 0 aliphatic heterocycles. The second kappa shape index (κ2) is 4.97. The highest BCUT2D eigenvalue weighted by Crippen LogP contribution is 2.28. The van der Waals surface area contributed by atoms with E-state index in [1.165, 1.54) is 5.56 Å². The SMILES string of the molecule is CCC(CCl)Nc1ncnc2c(C)csc12. The van der Waals surface area contributed by atoms with Crippen molar-refractivity contribution in [1.82, 2.24) is 9.97 Å². The van der Waals surface area contributed by atoms with E-state index in [-0.39, 0.29) is 6.04 Å².